The largest absolute Gasteiger partial charge is 0.396 e. The number of aliphatic hydroxyl groups excluding tert-OH is 1. The molecule has 0 fully saturated rings. The van der Waals surface area contributed by atoms with Gasteiger partial charge >= 0.3 is 6.18 Å². The molecule has 0 unspecified atom stereocenters. The summed E-state index contributed by atoms with van der Waals surface area (Å²) in [7, 11) is 0. The first-order valence-corrected chi connectivity index (χ1v) is 4.93. The van der Waals surface area contributed by atoms with Crippen molar-refractivity contribution < 1.29 is 18.3 Å². The van der Waals surface area contributed by atoms with Crippen molar-refractivity contribution in [2.24, 2.45) is 5.92 Å². The average molecular weight is 230 g/mol. The summed E-state index contributed by atoms with van der Waals surface area (Å²) in [5, 5.41) is 8.60. The second-order valence-electron chi connectivity index (χ2n) is 3.47. The van der Waals surface area contributed by atoms with E-state index < -0.39 is 18.7 Å². The number of allylic oxidation sites excluding steroid dienone is 1. The first-order chi connectivity index (χ1) is 7.54. The molecule has 4 heteroatoms. The molecule has 0 amide bonds. The number of hydrogen-bond acceptors (Lipinski definition) is 1. The smallest absolute Gasteiger partial charge is 0.394 e. The normalized spacial score (nSPS) is 14.2. The zero-order valence-electron chi connectivity index (χ0n) is 8.61. The molecule has 1 aromatic rings. The second-order valence-corrected chi connectivity index (χ2v) is 3.47. The summed E-state index contributed by atoms with van der Waals surface area (Å²) in [6, 6.07) is 9.07. The van der Waals surface area contributed by atoms with Crippen molar-refractivity contribution in [3.05, 3.63) is 42.0 Å². The second kappa shape index (κ2) is 5.70. The van der Waals surface area contributed by atoms with Gasteiger partial charge < -0.3 is 5.11 Å². The number of alkyl halides is 3. The van der Waals surface area contributed by atoms with Gasteiger partial charge in [0, 0.05) is 0 Å². The minimum atomic E-state index is -4.34. The van der Waals surface area contributed by atoms with Gasteiger partial charge in [-0.15, -0.1) is 0 Å². The Balaban J connectivity index is 2.53. The van der Waals surface area contributed by atoms with Gasteiger partial charge in [0.05, 0.1) is 12.5 Å². The lowest BCUT2D eigenvalue weighted by atomic mass is 10.1. The van der Waals surface area contributed by atoms with Crippen LogP contribution in [-0.2, 0) is 0 Å². The molecule has 0 radical (unpaired) electrons. The molecule has 0 aliphatic carbocycles. The van der Waals surface area contributed by atoms with Crippen molar-refractivity contribution in [3.8, 4) is 0 Å². The van der Waals surface area contributed by atoms with Gasteiger partial charge in [-0.05, 0) is 12.0 Å². The van der Waals surface area contributed by atoms with Crippen molar-refractivity contribution in [1.82, 2.24) is 0 Å². The van der Waals surface area contributed by atoms with Crippen LogP contribution in [0.1, 0.15) is 12.0 Å². The predicted molar refractivity (Wildman–Crippen MR) is 56.7 cm³/mol. The third-order valence-electron chi connectivity index (χ3n) is 2.21. The Hall–Kier alpha value is -1.29. The Morgan fingerprint density at radius 3 is 2.31 bits per heavy atom. The summed E-state index contributed by atoms with van der Waals surface area (Å²) in [6.07, 6.45) is -1.48. The highest BCUT2D eigenvalue weighted by Gasteiger charge is 2.37. The van der Waals surface area contributed by atoms with Crippen LogP contribution in [0, 0.1) is 5.92 Å². The molecule has 1 nitrogen and oxygen atoms in total. The minimum Gasteiger partial charge on any atom is -0.396 e. The molecule has 0 heterocycles. The molecule has 1 atom stereocenters. The summed E-state index contributed by atoms with van der Waals surface area (Å²) < 4.78 is 36.8. The van der Waals surface area contributed by atoms with Crippen molar-refractivity contribution in [1.29, 1.82) is 0 Å². The van der Waals surface area contributed by atoms with Gasteiger partial charge in [-0.3, -0.25) is 0 Å². The molecule has 0 aromatic heterocycles. The lowest BCUT2D eigenvalue weighted by Crippen LogP contribution is -2.25. The highest BCUT2D eigenvalue weighted by atomic mass is 19.4. The van der Waals surface area contributed by atoms with E-state index in [1.54, 1.807) is 18.2 Å². The minimum absolute atomic E-state index is 0.200. The van der Waals surface area contributed by atoms with E-state index in [0.29, 0.717) is 0 Å². The van der Waals surface area contributed by atoms with Crippen LogP contribution in [0.15, 0.2) is 36.4 Å². The van der Waals surface area contributed by atoms with Crippen LogP contribution in [0.25, 0.3) is 6.08 Å². The van der Waals surface area contributed by atoms with E-state index in [0.717, 1.165) is 5.56 Å². The third-order valence-corrected chi connectivity index (χ3v) is 2.21. The average Bonchev–Trinajstić information content (AvgIpc) is 2.24. The summed E-state index contributed by atoms with van der Waals surface area (Å²) in [4.78, 5) is 0. The van der Waals surface area contributed by atoms with Gasteiger partial charge in [0.2, 0.25) is 0 Å². The van der Waals surface area contributed by atoms with Crippen LogP contribution in [0.2, 0.25) is 0 Å². The van der Waals surface area contributed by atoms with E-state index in [9.17, 15) is 13.2 Å². The molecule has 1 aromatic carbocycles. The standard InChI is InChI=1S/C12H13F3O/c13-12(14,15)11(9-16)8-4-7-10-5-2-1-3-6-10/h1-7,11,16H,8-9H2/b7-4+/t11-/m1/s1. The zero-order chi connectivity index (χ0) is 12.0. The van der Waals surface area contributed by atoms with E-state index in [-0.39, 0.29) is 6.42 Å². The fourth-order valence-corrected chi connectivity index (χ4v) is 1.24. The van der Waals surface area contributed by atoms with E-state index >= 15 is 0 Å². The van der Waals surface area contributed by atoms with E-state index in [4.69, 9.17) is 5.11 Å². The predicted octanol–water partition coefficient (Wildman–Crippen LogP) is 3.26. The van der Waals surface area contributed by atoms with Gasteiger partial charge in [0.15, 0.2) is 0 Å². The molecule has 1 rings (SSSR count). The Kier molecular flexibility index (Phi) is 4.55. The summed E-state index contributed by atoms with van der Waals surface area (Å²) in [5.74, 6) is -1.67. The highest BCUT2D eigenvalue weighted by molar-refractivity contribution is 5.48. The fourth-order valence-electron chi connectivity index (χ4n) is 1.24. The quantitative estimate of drug-likeness (QED) is 0.841. The monoisotopic (exact) mass is 230 g/mol. The van der Waals surface area contributed by atoms with Crippen molar-refractivity contribution >= 4 is 6.08 Å². The lowest BCUT2D eigenvalue weighted by Gasteiger charge is -2.15. The Bertz CT molecular complexity index is 330. The molecule has 0 saturated heterocycles. The maximum absolute atomic E-state index is 12.3. The SMILES string of the molecule is OC[C@@H](C/C=C/c1ccccc1)C(F)(F)F. The van der Waals surface area contributed by atoms with Crippen LogP contribution >= 0.6 is 0 Å². The van der Waals surface area contributed by atoms with E-state index in [2.05, 4.69) is 0 Å². The van der Waals surface area contributed by atoms with Gasteiger partial charge in [-0.2, -0.15) is 13.2 Å². The first kappa shape index (κ1) is 12.8. The number of rotatable bonds is 4. The Morgan fingerprint density at radius 2 is 1.81 bits per heavy atom. The maximum atomic E-state index is 12.3. The molecular formula is C12H13F3O. The Labute approximate surface area is 92.2 Å². The summed E-state index contributed by atoms with van der Waals surface area (Å²) in [6.45, 7) is -0.872. The molecule has 0 spiro atoms. The first-order valence-electron chi connectivity index (χ1n) is 4.93. The van der Waals surface area contributed by atoms with E-state index in [1.807, 2.05) is 18.2 Å². The molecule has 0 aliphatic rings. The van der Waals surface area contributed by atoms with Crippen LogP contribution < -0.4 is 0 Å². The molecule has 0 bridgehead atoms. The van der Waals surface area contributed by atoms with Crippen LogP contribution in [0.4, 0.5) is 13.2 Å². The van der Waals surface area contributed by atoms with Gasteiger partial charge in [0.1, 0.15) is 0 Å². The van der Waals surface area contributed by atoms with Crippen molar-refractivity contribution in [2.45, 2.75) is 12.6 Å². The Morgan fingerprint density at radius 1 is 1.19 bits per heavy atom. The lowest BCUT2D eigenvalue weighted by molar-refractivity contribution is -0.182. The molecule has 1 N–H and O–H groups in total. The number of hydrogen-bond donors (Lipinski definition) is 1. The van der Waals surface area contributed by atoms with Crippen molar-refractivity contribution in [2.75, 3.05) is 6.61 Å². The van der Waals surface area contributed by atoms with Crippen LogP contribution in [0.5, 0.6) is 0 Å². The third kappa shape index (κ3) is 4.06. The number of halogens is 3. The molecule has 88 valence electrons. The molecule has 0 aliphatic heterocycles. The number of benzene rings is 1. The zero-order valence-corrected chi connectivity index (χ0v) is 8.61. The van der Waals surface area contributed by atoms with Crippen molar-refractivity contribution in [3.63, 3.8) is 0 Å². The molecule has 0 saturated carbocycles. The van der Waals surface area contributed by atoms with E-state index in [1.165, 1.54) is 6.08 Å². The molecular weight excluding hydrogens is 217 g/mol. The maximum Gasteiger partial charge on any atom is 0.394 e. The highest BCUT2D eigenvalue weighted by Crippen LogP contribution is 2.28. The summed E-state index contributed by atoms with van der Waals surface area (Å²) in [5.41, 5.74) is 0.848. The summed E-state index contributed by atoms with van der Waals surface area (Å²) >= 11 is 0. The van der Waals surface area contributed by atoms with Crippen LogP contribution in [0.3, 0.4) is 0 Å². The molecule has 16 heavy (non-hydrogen) atoms. The van der Waals surface area contributed by atoms with Crippen LogP contribution in [-0.4, -0.2) is 17.9 Å². The van der Waals surface area contributed by atoms with Gasteiger partial charge in [-0.25, -0.2) is 0 Å². The fraction of sp³-hybridized carbons (Fsp3) is 0.333. The number of aliphatic hydroxyl groups is 1. The van der Waals surface area contributed by atoms with Gasteiger partial charge in [-0.1, -0.05) is 42.5 Å². The van der Waals surface area contributed by atoms with Gasteiger partial charge in [0.25, 0.3) is 0 Å². The topological polar surface area (TPSA) is 20.2 Å².